The van der Waals surface area contributed by atoms with Gasteiger partial charge in [-0.3, -0.25) is 20.4 Å². The Hall–Kier alpha value is -2.23. The van der Waals surface area contributed by atoms with E-state index in [0.717, 1.165) is 43.1 Å². The fourth-order valence-corrected chi connectivity index (χ4v) is 6.27. The van der Waals surface area contributed by atoms with E-state index in [1.807, 2.05) is 30.3 Å². The number of hydrazine groups is 1. The van der Waals surface area contributed by atoms with Crippen LogP contribution in [0, 0.1) is 0 Å². The van der Waals surface area contributed by atoms with Gasteiger partial charge in [-0.2, -0.15) is 4.31 Å². The number of sulfonamides is 1. The molecule has 0 saturated heterocycles. The summed E-state index contributed by atoms with van der Waals surface area (Å²) in [6, 6.07) is 8.48. The molecule has 1 aliphatic heterocycles. The first-order valence-corrected chi connectivity index (χ1v) is 12.7. The normalized spacial score (nSPS) is 19.3. The molecule has 1 unspecified atom stereocenters. The average Bonchev–Trinajstić information content (AvgIpc) is 3.00. The van der Waals surface area contributed by atoms with E-state index in [1.54, 1.807) is 0 Å². The fraction of sp³-hybridized carbons (Fsp3) is 0.429. The van der Waals surface area contributed by atoms with Gasteiger partial charge in [0.25, 0.3) is 11.8 Å². The smallest absolute Gasteiger partial charge is 0.271 e. The maximum absolute atomic E-state index is 12.8. The Morgan fingerprint density at radius 2 is 1.77 bits per heavy atom. The number of carbonyl (C=O) groups is 2. The van der Waals surface area contributed by atoms with Gasteiger partial charge in [0.2, 0.25) is 10.0 Å². The zero-order valence-corrected chi connectivity index (χ0v) is 18.4. The summed E-state index contributed by atoms with van der Waals surface area (Å²) < 4.78 is 25.7. The predicted molar refractivity (Wildman–Crippen MR) is 116 cm³/mol. The topological polar surface area (TPSA) is 95.6 Å². The van der Waals surface area contributed by atoms with Crippen LogP contribution in [0.3, 0.4) is 0 Å². The zero-order valence-electron chi connectivity index (χ0n) is 16.8. The highest BCUT2D eigenvalue weighted by molar-refractivity contribution is 7.88. The standard InChI is InChI=1S/C21H25N3O4S2/c1-30(27,28)24-13-16-9-6-5-7-14(16)11-17(24)20(25)22-23-21(26)19-12-15-8-3-2-4-10-18(15)29-19/h5-7,9,12,17H,2-4,8,10-11,13H2,1H3,(H,22,25)(H,23,26). The van der Waals surface area contributed by atoms with Gasteiger partial charge in [-0.25, -0.2) is 8.42 Å². The highest BCUT2D eigenvalue weighted by Gasteiger charge is 2.37. The van der Waals surface area contributed by atoms with Crippen LogP contribution in [-0.4, -0.2) is 36.8 Å². The molecule has 0 fully saturated rings. The van der Waals surface area contributed by atoms with Crippen LogP contribution in [0.1, 0.15) is 50.5 Å². The van der Waals surface area contributed by atoms with Crippen LogP contribution in [0.25, 0.3) is 0 Å². The number of rotatable bonds is 3. The van der Waals surface area contributed by atoms with Crippen molar-refractivity contribution in [3.05, 3.63) is 56.8 Å². The number of aryl methyl sites for hydroxylation is 2. The fourth-order valence-electron chi connectivity index (χ4n) is 4.11. The van der Waals surface area contributed by atoms with E-state index in [2.05, 4.69) is 10.9 Å². The van der Waals surface area contributed by atoms with Crippen LogP contribution in [0.2, 0.25) is 0 Å². The summed E-state index contributed by atoms with van der Waals surface area (Å²) >= 11 is 1.47. The Morgan fingerprint density at radius 1 is 1.03 bits per heavy atom. The molecular weight excluding hydrogens is 422 g/mol. The molecule has 2 N–H and O–H groups in total. The predicted octanol–water partition coefficient (Wildman–Crippen LogP) is 2.16. The minimum atomic E-state index is -3.60. The summed E-state index contributed by atoms with van der Waals surface area (Å²) in [5, 5.41) is 0. The molecule has 0 bridgehead atoms. The van der Waals surface area contributed by atoms with Crippen LogP contribution in [0.4, 0.5) is 0 Å². The molecule has 1 aromatic heterocycles. The van der Waals surface area contributed by atoms with Crippen molar-refractivity contribution in [3.8, 4) is 0 Å². The number of thiophene rings is 1. The molecule has 7 nitrogen and oxygen atoms in total. The molecule has 0 spiro atoms. The lowest BCUT2D eigenvalue weighted by molar-refractivity contribution is -0.126. The van der Waals surface area contributed by atoms with Crippen molar-refractivity contribution in [2.45, 2.75) is 51.1 Å². The van der Waals surface area contributed by atoms with Gasteiger partial charge in [-0.05, 0) is 54.9 Å². The van der Waals surface area contributed by atoms with E-state index < -0.39 is 22.0 Å². The Balaban J connectivity index is 1.45. The molecule has 4 rings (SSSR count). The molecule has 0 radical (unpaired) electrons. The maximum atomic E-state index is 12.8. The molecule has 9 heteroatoms. The summed E-state index contributed by atoms with van der Waals surface area (Å²) in [7, 11) is -3.60. The molecule has 30 heavy (non-hydrogen) atoms. The van der Waals surface area contributed by atoms with Gasteiger partial charge < -0.3 is 0 Å². The minimum absolute atomic E-state index is 0.138. The van der Waals surface area contributed by atoms with Gasteiger partial charge in [0.15, 0.2) is 0 Å². The highest BCUT2D eigenvalue weighted by atomic mass is 32.2. The van der Waals surface area contributed by atoms with Crippen molar-refractivity contribution < 1.29 is 18.0 Å². The van der Waals surface area contributed by atoms with Crippen LogP contribution >= 0.6 is 11.3 Å². The second kappa shape index (κ2) is 8.49. The number of nitrogens with one attached hydrogen (secondary N) is 2. The number of benzene rings is 1. The third-order valence-electron chi connectivity index (χ3n) is 5.70. The second-order valence-corrected chi connectivity index (χ2v) is 10.9. The number of hydrogen-bond acceptors (Lipinski definition) is 5. The van der Waals surface area contributed by atoms with Gasteiger partial charge >= 0.3 is 0 Å². The summed E-state index contributed by atoms with van der Waals surface area (Å²) in [6.45, 7) is 0.138. The van der Waals surface area contributed by atoms with Crippen molar-refractivity contribution in [2.75, 3.05) is 6.26 Å². The van der Waals surface area contributed by atoms with E-state index in [9.17, 15) is 18.0 Å². The Labute approximate surface area is 180 Å². The lowest BCUT2D eigenvalue weighted by Crippen LogP contribution is -2.55. The highest BCUT2D eigenvalue weighted by Crippen LogP contribution is 2.29. The van der Waals surface area contributed by atoms with E-state index in [-0.39, 0.29) is 18.9 Å². The third-order valence-corrected chi connectivity index (χ3v) is 8.18. The van der Waals surface area contributed by atoms with Crippen LogP contribution < -0.4 is 10.9 Å². The second-order valence-electron chi connectivity index (χ2n) is 7.86. The number of fused-ring (bicyclic) bond motifs is 2. The first-order chi connectivity index (χ1) is 14.3. The lowest BCUT2D eigenvalue weighted by atomic mass is 9.95. The van der Waals surface area contributed by atoms with Gasteiger partial charge in [0.05, 0.1) is 11.1 Å². The van der Waals surface area contributed by atoms with Crippen LogP contribution in [0.5, 0.6) is 0 Å². The largest absolute Gasteiger partial charge is 0.279 e. The van der Waals surface area contributed by atoms with Crippen molar-refractivity contribution in [2.24, 2.45) is 0 Å². The van der Waals surface area contributed by atoms with Crippen LogP contribution in [0.15, 0.2) is 30.3 Å². The van der Waals surface area contributed by atoms with Crippen LogP contribution in [-0.2, 0) is 40.6 Å². The Morgan fingerprint density at radius 3 is 2.53 bits per heavy atom. The molecule has 160 valence electrons. The molecule has 1 aliphatic carbocycles. The number of amides is 2. The summed E-state index contributed by atoms with van der Waals surface area (Å²) in [5.74, 6) is -0.912. The first kappa shape index (κ1) is 21.0. The zero-order chi connectivity index (χ0) is 21.3. The van der Waals surface area contributed by atoms with Crippen molar-refractivity contribution in [3.63, 3.8) is 0 Å². The number of carbonyl (C=O) groups excluding carboxylic acids is 2. The first-order valence-electron chi connectivity index (χ1n) is 10.1. The maximum Gasteiger partial charge on any atom is 0.279 e. The summed E-state index contributed by atoms with van der Waals surface area (Å²) in [5.41, 5.74) is 7.95. The monoisotopic (exact) mass is 447 g/mol. The van der Waals surface area contributed by atoms with E-state index in [1.165, 1.54) is 32.5 Å². The molecule has 0 saturated carbocycles. The van der Waals surface area contributed by atoms with E-state index >= 15 is 0 Å². The molecule has 2 amide bonds. The summed E-state index contributed by atoms with van der Waals surface area (Å²) in [4.78, 5) is 27.2. The average molecular weight is 448 g/mol. The SMILES string of the molecule is CS(=O)(=O)N1Cc2ccccc2CC1C(=O)NNC(=O)c1cc2c(s1)CCCCC2. The summed E-state index contributed by atoms with van der Waals surface area (Å²) in [6.07, 6.45) is 6.81. The number of hydrogen-bond donors (Lipinski definition) is 2. The lowest BCUT2D eigenvalue weighted by Gasteiger charge is -2.33. The molecule has 2 aromatic rings. The Kier molecular flexibility index (Phi) is 5.95. The Bertz CT molecular complexity index is 1050. The van der Waals surface area contributed by atoms with E-state index in [0.29, 0.717) is 4.88 Å². The van der Waals surface area contributed by atoms with Crippen molar-refractivity contribution in [1.29, 1.82) is 0 Å². The quantitative estimate of drug-likeness (QED) is 0.557. The van der Waals surface area contributed by atoms with Crippen molar-refractivity contribution >= 4 is 33.2 Å². The molecule has 1 atom stereocenters. The molecule has 2 heterocycles. The third kappa shape index (κ3) is 4.43. The van der Waals surface area contributed by atoms with Crippen molar-refractivity contribution in [1.82, 2.24) is 15.2 Å². The molecule has 2 aliphatic rings. The van der Waals surface area contributed by atoms with E-state index in [4.69, 9.17) is 0 Å². The van der Waals surface area contributed by atoms with Gasteiger partial charge in [-0.1, -0.05) is 30.7 Å². The number of nitrogens with zero attached hydrogens (tertiary/aromatic N) is 1. The van der Waals surface area contributed by atoms with Gasteiger partial charge in [0.1, 0.15) is 6.04 Å². The van der Waals surface area contributed by atoms with Gasteiger partial charge in [0, 0.05) is 11.4 Å². The van der Waals surface area contributed by atoms with Gasteiger partial charge in [-0.15, -0.1) is 11.3 Å². The molecular formula is C21H25N3O4S2. The minimum Gasteiger partial charge on any atom is -0.271 e. The molecule has 1 aromatic carbocycles.